The largest absolute Gasteiger partial charge is 0.397 e. The van der Waals surface area contributed by atoms with E-state index in [4.69, 9.17) is 5.73 Å². The molecule has 1 aromatic carbocycles. The maximum absolute atomic E-state index is 6.11. The van der Waals surface area contributed by atoms with Crippen LogP contribution in [0.2, 0.25) is 0 Å². The smallest absolute Gasteiger partial charge is 0.0592 e. The van der Waals surface area contributed by atoms with Crippen molar-refractivity contribution in [3.05, 3.63) is 35.9 Å². The first kappa shape index (κ1) is 11.6. The molecule has 1 saturated carbocycles. The molecule has 0 atom stereocenters. The van der Waals surface area contributed by atoms with Crippen LogP contribution in [0.3, 0.4) is 0 Å². The summed E-state index contributed by atoms with van der Waals surface area (Å²) in [7, 11) is 0. The van der Waals surface area contributed by atoms with Crippen molar-refractivity contribution in [2.75, 3.05) is 17.6 Å². The molecule has 0 heterocycles. The van der Waals surface area contributed by atoms with Gasteiger partial charge in [-0.1, -0.05) is 18.4 Å². The highest BCUT2D eigenvalue weighted by Gasteiger charge is 2.21. The molecule has 1 aliphatic carbocycles. The highest BCUT2D eigenvalue weighted by molar-refractivity contribution is 5.73. The van der Waals surface area contributed by atoms with Crippen LogP contribution in [0.25, 0.3) is 0 Å². The van der Waals surface area contributed by atoms with E-state index in [-0.39, 0.29) is 0 Å². The van der Waals surface area contributed by atoms with Crippen molar-refractivity contribution in [1.29, 1.82) is 0 Å². The molecule has 2 rings (SSSR count). The van der Waals surface area contributed by atoms with Crippen molar-refractivity contribution in [2.45, 2.75) is 19.8 Å². The minimum absolute atomic E-state index is 0.807. The number of nitrogens with two attached hydrogens (primary N) is 1. The Kier molecular flexibility index (Phi) is 3.39. The molecule has 0 aliphatic heterocycles. The van der Waals surface area contributed by atoms with Crippen molar-refractivity contribution in [2.24, 2.45) is 5.92 Å². The molecule has 0 amide bonds. The second kappa shape index (κ2) is 4.97. The first-order chi connectivity index (χ1) is 8.22. The van der Waals surface area contributed by atoms with Gasteiger partial charge >= 0.3 is 0 Å². The Morgan fingerprint density at radius 3 is 2.94 bits per heavy atom. The Labute approximate surface area is 103 Å². The third-order valence-electron chi connectivity index (χ3n) is 3.10. The molecule has 88 valence electrons. The van der Waals surface area contributed by atoms with Crippen LogP contribution in [0.5, 0.6) is 0 Å². The number of allylic oxidation sites excluding steroid dienone is 1. The third-order valence-corrected chi connectivity index (χ3v) is 3.10. The quantitative estimate of drug-likeness (QED) is 0.614. The van der Waals surface area contributed by atoms with Crippen LogP contribution in [0.4, 0.5) is 11.4 Å². The number of anilines is 2. The second-order valence-electron chi connectivity index (χ2n) is 4.50. The zero-order valence-corrected chi connectivity index (χ0v) is 10.2. The number of hydrogen-bond donors (Lipinski definition) is 2. The van der Waals surface area contributed by atoms with Gasteiger partial charge in [-0.25, -0.2) is 0 Å². The molecule has 0 aromatic heterocycles. The monoisotopic (exact) mass is 226 g/mol. The van der Waals surface area contributed by atoms with Crippen molar-refractivity contribution in [1.82, 2.24) is 0 Å². The average molecular weight is 226 g/mol. The second-order valence-corrected chi connectivity index (χ2v) is 4.50. The van der Waals surface area contributed by atoms with Crippen molar-refractivity contribution >= 4 is 11.4 Å². The van der Waals surface area contributed by atoms with Gasteiger partial charge in [0.15, 0.2) is 0 Å². The van der Waals surface area contributed by atoms with Gasteiger partial charge in [-0.2, -0.15) is 0 Å². The SMILES string of the molecule is C=CC#Cc1ccc(NCC2CC2)c(N)c1C. The fraction of sp³-hybridized carbons (Fsp3) is 0.333. The molecule has 0 bridgehead atoms. The van der Waals surface area contributed by atoms with E-state index in [9.17, 15) is 0 Å². The highest BCUT2D eigenvalue weighted by atomic mass is 14.9. The Morgan fingerprint density at radius 2 is 2.29 bits per heavy atom. The Morgan fingerprint density at radius 1 is 1.53 bits per heavy atom. The van der Waals surface area contributed by atoms with Gasteiger partial charge in [-0.15, -0.1) is 0 Å². The van der Waals surface area contributed by atoms with Crippen LogP contribution in [0.1, 0.15) is 24.0 Å². The van der Waals surface area contributed by atoms with Crippen LogP contribution in [0.15, 0.2) is 24.8 Å². The summed E-state index contributed by atoms with van der Waals surface area (Å²) < 4.78 is 0. The average Bonchev–Trinajstić information content (AvgIpc) is 3.14. The summed E-state index contributed by atoms with van der Waals surface area (Å²) in [6, 6.07) is 4.02. The fourth-order valence-corrected chi connectivity index (χ4v) is 1.72. The van der Waals surface area contributed by atoms with E-state index in [0.717, 1.165) is 35.0 Å². The molecular formula is C15H18N2. The molecule has 17 heavy (non-hydrogen) atoms. The van der Waals surface area contributed by atoms with Gasteiger partial charge in [0.1, 0.15) is 0 Å². The van der Waals surface area contributed by atoms with Gasteiger partial charge in [-0.05, 0) is 49.5 Å². The molecule has 3 N–H and O–H groups in total. The maximum atomic E-state index is 6.11. The summed E-state index contributed by atoms with van der Waals surface area (Å²) in [6.07, 6.45) is 4.28. The number of nitrogen functional groups attached to an aromatic ring is 1. The first-order valence-corrected chi connectivity index (χ1v) is 5.97. The predicted octanol–water partition coefficient (Wildman–Crippen LogP) is 2.94. The summed E-state index contributed by atoms with van der Waals surface area (Å²) in [5.74, 6) is 6.72. The number of hydrogen-bond acceptors (Lipinski definition) is 2. The van der Waals surface area contributed by atoms with Gasteiger partial charge in [-0.3, -0.25) is 0 Å². The number of nitrogens with one attached hydrogen (secondary N) is 1. The Bertz CT molecular complexity index is 488. The minimum atomic E-state index is 0.807. The van der Waals surface area contributed by atoms with E-state index < -0.39 is 0 Å². The molecule has 0 spiro atoms. The Hall–Kier alpha value is -1.88. The molecule has 2 heteroatoms. The van der Waals surface area contributed by atoms with Gasteiger partial charge in [0, 0.05) is 12.1 Å². The lowest BCUT2D eigenvalue weighted by molar-refractivity contribution is 0.889. The van der Waals surface area contributed by atoms with E-state index in [2.05, 4.69) is 23.7 Å². The normalized spacial score (nSPS) is 13.7. The number of benzene rings is 1. The molecule has 0 unspecified atom stereocenters. The highest BCUT2D eigenvalue weighted by Crippen LogP contribution is 2.31. The zero-order chi connectivity index (χ0) is 12.3. The molecule has 0 radical (unpaired) electrons. The van der Waals surface area contributed by atoms with Crippen molar-refractivity contribution < 1.29 is 0 Å². The standard InChI is InChI=1S/C15H18N2/c1-3-4-5-13-8-9-14(15(16)11(13)2)17-10-12-6-7-12/h3,8-9,12,17H,1,6-7,10,16H2,2H3. The third kappa shape index (κ3) is 2.82. The molecule has 1 fully saturated rings. The van der Waals surface area contributed by atoms with E-state index in [1.54, 1.807) is 6.08 Å². The van der Waals surface area contributed by atoms with E-state index in [1.807, 2.05) is 19.1 Å². The summed E-state index contributed by atoms with van der Waals surface area (Å²) in [6.45, 7) is 6.62. The predicted molar refractivity (Wildman–Crippen MR) is 73.9 cm³/mol. The lowest BCUT2D eigenvalue weighted by Gasteiger charge is -2.12. The van der Waals surface area contributed by atoms with Crippen LogP contribution >= 0.6 is 0 Å². The van der Waals surface area contributed by atoms with Crippen LogP contribution in [0, 0.1) is 24.7 Å². The van der Waals surface area contributed by atoms with E-state index >= 15 is 0 Å². The zero-order valence-electron chi connectivity index (χ0n) is 10.2. The molecule has 1 aromatic rings. The van der Waals surface area contributed by atoms with Gasteiger partial charge in [0.2, 0.25) is 0 Å². The van der Waals surface area contributed by atoms with Crippen LogP contribution < -0.4 is 11.1 Å². The molecular weight excluding hydrogens is 208 g/mol. The lowest BCUT2D eigenvalue weighted by Crippen LogP contribution is -2.07. The summed E-state index contributed by atoms with van der Waals surface area (Å²) in [4.78, 5) is 0. The van der Waals surface area contributed by atoms with Crippen molar-refractivity contribution in [3.8, 4) is 11.8 Å². The van der Waals surface area contributed by atoms with Gasteiger partial charge in [0.05, 0.1) is 11.4 Å². The fourth-order valence-electron chi connectivity index (χ4n) is 1.72. The Balaban J connectivity index is 2.18. The number of rotatable bonds is 3. The first-order valence-electron chi connectivity index (χ1n) is 5.97. The van der Waals surface area contributed by atoms with Crippen LogP contribution in [-0.4, -0.2) is 6.54 Å². The van der Waals surface area contributed by atoms with E-state index in [1.165, 1.54) is 12.8 Å². The summed E-state index contributed by atoms with van der Waals surface area (Å²) >= 11 is 0. The van der Waals surface area contributed by atoms with Crippen LogP contribution in [-0.2, 0) is 0 Å². The maximum Gasteiger partial charge on any atom is 0.0592 e. The van der Waals surface area contributed by atoms with Crippen molar-refractivity contribution in [3.63, 3.8) is 0 Å². The van der Waals surface area contributed by atoms with Gasteiger partial charge in [0.25, 0.3) is 0 Å². The molecule has 2 nitrogen and oxygen atoms in total. The molecule has 0 saturated heterocycles. The topological polar surface area (TPSA) is 38.0 Å². The summed E-state index contributed by atoms with van der Waals surface area (Å²) in [5, 5.41) is 3.41. The van der Waals surface area contributed by atoms with Gasteiger partial charge < -0.3 is 11.1 Å². The lowest BCUT2D eigenvalue weighted by atomic mass is 10.1. The van der Waals surface area contributed by atoms with E-state index in [0.29, 0.717) is 0 Å². The molecule has 1 aliphatic rings. The summed E-state index contributed by atoms with van der Waals surface area (Å²) in [5.41, 5.74) is 9.95. The minimum Gasteiger partial charge on any atom is -0.397 e.